The average molecular weight is 861 g/mol. The molecule has 8 bridgehead atoms. The molecule has 2 aliphatic rings. The molecule has 0 saturated heterocycles. The van der Waals surface area contributed by atoms with Crippen LogP contribution in [0.4, 0.5) is 0 Å². The lowest BCUT2D eigenvalue weighted by Gasteiger charge is -2.11. The molecule has 3 aromatic heterocycles. The van der Waals surface area contributed by atoms with Crippen molar-refractivity contribution >= 4 is 70.2 Å². The molecule has 0 amide bonds. The van der Waals surface area contributed by atoms with Crippen molar-refractivity contribution in [1.29, 1.82) is 0 Å². The number of rotatable bonds is 8. The first-order chi connectivity index (χ1) is 31.6. The average Bonchev–Trinajstić information content (AvgIpc) is 4.20. The Morgan fingerprint density at radius 2 is 0.646 bits per heavy atom. The van der Waals surface area contributed by atoms with E-state index >= 15 is 0 Å². The number of hydrogen-bond donors (Lipinski definition) is 1. The summed E-state index contributed by atoms with van der Waals surface area (Å²) in [6, 6.07) is 36.8. The van der Waals surface area contributed by atoms with Crippen molar-refractivity contribution in [2.24, 2.45) is 7.05 Å². The van der Waals surface area contributed by atoms with Crippen LogP contribution in [0.5, 0.6) is 0 Å². The Balaban J connectivity index is 1.43. The molecule has 0 atom stereocenters. The van der Waals surface area contributed by atoms with Crippen LogP contribution in [-0.2, 0) is 26.0 Å². The molecule has 0 fully saturated rings. The van der Waals surface area contributed by atoms with Gasteiger partial charge in [-0.15, -0.1) is 0 Å². The summed E-state index contributed by atoms with van der Waals surface area (Å²) in [6.07, 6.45) is 7.87. The minimum Gasteiger partial charge on any atom is -0.465 e. The number of carbonyl (C=O) groups excluding carboxylic acids is 4. The molecule has 5 heterocycles. The van der Waals surface area contributed by atoms with Crippen LogP contribution >= 0.6 is 0 Å². The van der Waals surface area contributed by atoms with Gasteiger partial charge in [-0.2, -0.15) is 0 Å². The number of H-pyrrole nitrogens is 1. The molecular formula is C53H40N4O8. The van der Waals surface area contributed by atoms with Gasteiger partial charge in [-0.3, -0.25) is 0 Å². The fourth-order valence-corrected chi connectivity index (χ4v) is 8.28. The summed E-state index contributed by atoms with van der Waals surface area (Å²) in [5, 5.41) is 0. The number of aromatic amines is 1. The Morgan fingerprint density at radius 1 is 0.385 bits per heavy atom. The Morgan fingerprint density at radius 3 is 0.923 bits per heavy atom. The lowest BCUT2D eigenvalue weighted by Crippen LogP contribution is -2.01. The molecule has 12 nitrogen and oxygen atoms in total. The number of fused-ring (bicyclic) bond motifs is 8. The minimum absolute atomic E-state index is 0.401. The number of hydrogen-bond acceptors (Lipinski definition) is 10. The molecule has 1 N–H and O–H groups in total. The lowest BCUT2D eigenvalue weighted by atomic mass is 10.0. The highest BCUT2D eigenvalue weighted by molar-refractivity contribution is 6.02. The van der Waals surface area contributed by atoms with Gasteiger partial charge in [0.1, 0.15) is 0 Å². The zero-order chi connectivity index (χ0) is 45.4. The monoisotopic (exact) mass is 860 g/mol. The smallest absolute Gasteiger partial charge is 0.337 e. The van der Waals surface area contributed by atoms with Gasteiger partial charge < -0.3 is 28.5 Å². The Labute approximate surface area is 373 Å². The highest BCUT2D eigenvalue weighted by Crippen LogP contribution is 2.39. The van der Waals surface area contributed by atoms with Crippen LogP contribution in [0.15, 0.2) is 121 Å². The normalized spacial score (nSPS) is 11.6. The van der Waals surface area contributed by atoms with Crippen LogP contribution in [0.3, 0.4) is 0 Å². The number of benzene rings is 4. The first-order valence-electron chi connectivity index (χ1n) is 20.5. The van der Waals surface area contributed by atoms with Gasteiger partial charge in [0.2, 0.25) is 0 Å². The summed E-state index contributed by atoms with van der Waals surface area (Å²) in [5.74, 6) is -1.80. The fraction of sp³-hybridized carbons (Fsp3) is 0.0943. The molecule has 9 rings (SSSR count). The first kappa shape index (κ1) is 41.7. The standard InChI is InChI=1S/C53H40N4O8/c1-57-44-28-29-45(57)49(33-12-20-37(21-13-33)53(61)65-5)43-27-25-41(56-43)47(31-8-16-35(17-9-31)51(59)63-3)39-23-22-38(54-39)46(30-6-14-34(15-7-30)50(58)62-2)40-24-26-42(55-40)48(44)32-10-18-36(19-11-32)52(60)64-4/h6-29,54H,1-5H3. The van der Waals surface area contributed by atoms with Crippen molar-refractivity contribution < 1.29 is 38.1 Å². The summed E-state index contributed by atoms with van der Waals surface area (Å²) >= 11 is 0. The van der Waals surface area contributed by atoms with E-state index in [1.807, 2.05) is 104 Å². The van der Waals surface area contributed by atoms with E-state index in [2.05, 4.69) is 9.55 Å². The number of nitrogens with one attached hydrogen (secondary N) is 1. The van der Waals surface area contributed by atoms with E-state index in [1.165, 1.54) is 28.4 Å². The van der Waals surface area contributed by atoms with Crippen LogP contribution in [0.2, 0.25) is 0 Å². The maximum Gasteiger partial charge on any atom is 0.337 e. The maximum absolute atomic E-state index is 12.5. The molecule has 0 unspecified atom stereocenters. The zero-order valence-electron chi connectivity index (χ0n) is 36.0. The van der Waals surface area contributed by atoms with E-state index in [0.29, 0.717) is 45.0 Å². The molecule has 2 aliphatic heterocycles. The molecule has 12 heteroatoms. The van der Waals surface area contributed by atoms with E-state index in [1.54, 1.807) is 48.5 Å². The molecule has 320 valence electrons. The third kappa shape index (κ3) is 7.67. The first-order valence-corrected chi connectivity index (χ1v) is 20.5. The number of esters is 4. The van der Waals surface area contributed by atoms with Gasteiger partial charge in [-0.05, 0) is 119 Å². The van der Waals surface area contributed by atoms with E-state index in [9.17, 15) is 19.2 Å². The molecule has 0 spiro atoms. The van der Waals surface area contributed by atoms with Crippen molar-refractivity contribution in [1.82, 2.24) is 19.5 Å². The summed E-state index contributed by atoms with van der Waals surface area (Å²) in [7, 11) is 7.37. The van der Waals surface area contributed by atoms with Crippen LogP contribution in [0, 0.1) is 0 Å². The number of nitrogens with zero attached hydrogens (tertiary/aromatic N) is 3. The van der Waals surface area contributed by atoms with Crippen molar-refractivity contribution in [2.75, 3.05) is 28.4 Å². The van der Waals surface area contributed by atoms with Crippen molar-refractivity contribution in [3.63, 3.8) is 0 Å². The van der Waals surface area contributed by atoms with Crippen LogP contribution in [0.25, 0.3) is 90.9 Å². The quantitative estimate of drug-likeness (QED) is 0.115. The second kappa shape index (κ2) is 17.3. The zero-order valence-corrected chi connectivity index (χ0v) is 36.0. The molecular weight excluding hydrogens is 821 g/mol. The highest BCUT2D eigenvalue weighted by atomic mass is 16.5. The van der Waals surface area contributed by atoms with Gasteiger partial charge in [0.25, 0.3) is 0 Å². The predicted octanol–water partition coefficient (Wildman–Crippen LogP) is 10.5. The van der Waals surface area contributed by atoms with Crippen molar-refractivity contribution in [3.05, 3.63) is 166 Å². The van der Waals surface area contributed by atoms with Gasteiger partial charge >= 0.3 is 23.9 Å². The van der Waals surface area contributed by atoms with E-state index in [-0.39, 0.29) is 0 Å². The number of aromatic nitrogens is 4. The summed E-state index contributed by atoms with van der Waals surface area (Å²) < 4.78 is 22.1. The van der Waals surface area contributed by atoms with Gasteiger partial charge in [0.15, 0.2) is 0 Å². The van der Waals surface area contributed by atoms with Crippen molar-refractivity contribution in [2.45, 2.75) is 0 Å². The number of ether oxygens (including phenoxy) is 4. The summed E-state index contributed by atoms with van der Waals surface area (Å²) in [5.41, 5.74) is 13.7. The second-order valence-corrected chi connectivity index (χ2v) is 15.2. The lowest BCUT2D eigenvalue weighted by molar-refractivity contribution is 0.0592. The van der Waals surface area contributed by atoms with Crippen LogP contribution in [0.1, 0.15) is 64.2 Å². The summed E-state index contributed by atoms with van der Waals surface area (Å²) in [4.78, 5) is 64.5. The molecule has 7 aromatic rings. The van der Waals surface area contributed by atoms with Crippen LogP contribution < -0.4 is 0 Å². The second-order valence-electron chi connectivity index (χ2n) is 15.2. The molecule has 0 aliphatic carbocycles. The third-order valence-electron chi connectivity index (χ3n) is 11.5. The van der Waals surface area contributed by atoms with E-state index < -0.39 is 23.9 Å². The number of methoxy groups -OCH3 is 4. The third-order valence-corrected chi connectivity index (χ3v) is 11.5. The Bertz CT molecular complexity index is 3090. The Kier molecular flexibility index (Phi) is 11.1. The molecule has 65 heavy (non-hydrogen) atoms. The molecule has 0 saturated carbocycles. The maximum atomic E-state index is 12.5. The number of carbonyl (C=O) groups is 4. The number of aryl methyl sites for hydroxylation is 1. The minimum atomic E-state index is -0.451. The van der Waals surface area contributed by atoms with E-state index in [4.69, 9.17) is 28.9 Å². The molecule has 0 radical (unpaired) electrons. The summed E-state index contributed by atoms with van der Waals surface area (Å²) in [6.45, 7) is 0. The van der Waals surface area contributed by atoms with Crippen LogP contribution in [-0.4, -0.2) is 71.8 Å². The van der Waals surface area contributed by atoms with Gasteiger partial charge in [-0.1, -0.05) is 48.5 Å². The molecule has 4 aromatic carbocycles. The van der Waals surface area contributed by atoms with E-state index in [0.717, 1.165) is 66.6 Å². The largest absolute Gasteiger partial charge is 0.465 e. The van der Waals surface area contributed by atoms with Gasteiger partial charge in [-0.25, -0.2) is 29.1 Å². The predicted molar refractivity (Wildman–Crippen MR) is 251 cm³/mol. The topological polar surface area (TPSA) is 152 Å². The SMILES string of the molecule is COC(=O)c1ccc(-c2c3nc(c(-c4ccc(C(=O)OC)cc4)c4ccc(c(-c5ccc(C(=O)OC)cc5)c5nc(c(-c6ccc(C(=O)OC)cc6)c6ccc2[nH]6)C=C5)n4C)C=C3)cc1. The highest BCUT2D eigenvalue weighted by Gasteiger charge is 2.21. The Hall–Kier alpha value is -8.64. The van der Waals surface area contributed by atoms with Crippen molar-refractivity contribution in [3.8, 4) is 44.5 Å². The fourth-order valence-electron chi connectivity index (χ4n) is 8.28. The van der Waals surface area contributed by atoms with Gasteiger partial charge in [0, 0.05) is 40.3 Å². The van der Waals surface area contributed by atoms with Gasteiger partial charge in [0.05, 0.1) is 84.5 Å².